The Morgan fingerprint density at radius 2 is 2.12 bits per heavy atom. The van der Waals surface area contributed by atoms with E-state index >= 15 is 0 Å². The second kappa shape index (κ2) is 7.77. The molecule has 4 saturated carbocycles. The number of aromatic amines is 1. The van der Waals surface area contributed by atoms with Crippen molar-refractivity contribution in [2.75, 3.05) is 25.6 Å². The number of amides is 1. The first-order chi connectivity index (χ1) is 16.0. The highest BCUT2D eigenvalue weighted by atomic mass is 16.5. The van der Waals surface area contributed by atoms with Gasteiger partial charge in [0.1, 0.15) is 5.52 Å². The Balaban J connectivity index is 1.32. The van der Waals surface area contributed by atoms with Crippen LogP contribution in [0.4, 0.5) is 5.69 Å². The number of hydrogen-bond donors (Lipinski definition) is 4. The van der Waals surface area contributed by atoms with Crippen molar-refractivity contribution in [1.29, 1.82) is 0 Å². The van der Waals surface area contributed by atoms with Gasteiger partial charge in [-0.3, -0.25) is 4.79 Å². The SMILES string of the molecule is COCCNC(=O)c1nc(-c2cnc3nc[nH]c3c2NC2[C@@H]3CC4C[C@H]2CC(O)(C4)C3)no1. The van der Waals surface area contributed by atoms with Crippen LogP contribution in [0.5, 0.6) is 0 Å². The summed E-state index contributed by atoms with van der Waals surface area (Å²) in [4.78, 5) is 28.5. The van der Waals surface area contributed by atoms with Crippen LogP contribution in [0.15, 0.2) is 17.0 Å². The van der Waals surface area contributed by atoms with E-state index in [1.807, 2.05) is 0 Å². The van der Waals surface area contributed by atoms with Crippen LogP contribution in [0.3, 0.4) is 0 Å². The van der Waals surface area contributed by atoms with Crippen molar-refractivity contribution in [2.45, 2.75) is 43.7 Å². The number of H-pyrrole nitrogens is 1. The zero-order chi connectivity index (χ0) is 22.6. The summed E-state index contributed by atoms with van der Waals surface area (Å²) in [5.41, 5.74) is 2.28. The molecular formula is C22H27N7O4. The van der Waals surface area contributed by atoms with Crippen LogP contribution in [-0.4, -0.2) is 68.0 Å². The number of pyridine rings is 1. The first-order valence-corrected chi connectivity index (χ1v) is 11.5. The number of rotatable bonds is 7. The molecule has 3 unspecified atom stereocenters. The maximum absolute atomic E-state index is 12.3. The zero-order valence-corrected chi connectivity index (χ0v) is 18.4. The Labute approximate surface area is 189 Å². The molecule has 0 aliphatic heterocycles. The lowest BCUT2D eigenvalue weighted by molar-refractivity contribution is -0.129. The van der Waals surface area contributed by atoms with Crippen molar-refractivity contribution in [2.24, 2.45) is 17.8 Å². The predicted molar refractivity (Wildman–Crippen MR) is 117 cm³/mol. The van der Waals surface area contributed by atoms with Gasteiger partial charge in [-0.1, -0.05) is 5.16 Å². The highest BCUT2D eigenvalue weighted by Crippen LogP contribution is 2.56. The van der Waals surface area contributed by atoms with E-state index in [2.05, 4.69) is 35.7 Å². The molecule has 4 aliphatic rings. The summed E-state index contributed by atoms with van der Waals surface area (Å²) >= 11 is 0. The van der Waals surface area contributed by atoms with Gasteiger partial charge in [-0.25, -0.2) is 9.97 Å². The van der Waals surface area contributed by atoms with E-state index in [0.29, 0.717) is 42.1 Å². The van der Waals surface area contributed by atoms with E-state index in [-0.39, 0.29) is 17.8 Å². The molecular weight excluding hydrogens is 426 g/mol. The minimum Gasteiger partial charge on any atom is -0.390 e. The van der Waals surface area contributed by atoms with Gasteiger partial charge < -0.3 is 30.0 Å². The van der Waals surface area contributed by atoms with Gasteiger partial charge in [0.25, 0.3) is 0 Å². The third-order valence-corrected chi connectivity index (χ3v) is 7.46. The lowest BCUT2D eigenvalue weighted by atomic mass is 9.52. The van der Waals surface area contributed by atoms with Gasteiger partial charge in [-0.05, 0) is 49.9 Å². The molecule has 5 atom stereocenters. The molecule has 0 saturated heterocycles. The highest BCUT2D eigenvalue weighted by Gasteiger charge is 2.54. The van der Waals surface area contributed by atoms with Gasteiger partial charge in [0.05, 0.1) is 29.8 Å². The quantitative estimate of drug-likeness (QED) is 0.392. The van der Waals surface area contributed by atoms with E-state index in [1.54, 1.807) is 19.6 Å². The van der Waals surface area contributed by atoms with Crippen LogP contribution in [-0.2, 0) is 4.74 Å². The van der Waals surface area contributed by atoms with Gasteiger partial charge in [0.2, 0.25) is 5.82 Å². The topological polar surface area (TPSA) is 151 Å². The van der Waals surface area contributed by atoms with E-state index in [0.717, 1.165) is 43.3 Å². The van der Waals surface area contributed by atoms with Crippen LogP contribution in [0.25, 0.3) is 22.6 Å². The molecule has 174 valence electrons. The first kappa shape index (κ1) is 20.5. The van der Waals surface area contributed by atoms with Crippen molar-refractivity contribution in [1.82, 2.24) is 30.4 Å². The number of anilines is 1. The summed E-state index contributed by atoms with van der Waals surface area (Å²) in [7, 11) is 1.56. The number of carbonyl (C=O) groups is 1. The minimum atomic E-state index is -0.502. The molecule has 3 heterocycles. The van der Waals surface area contributed by atoms with E-state index in [1.165, 1.54) is 0 Å². The normalized spacial score (nSPS) is 30.1. The number of ether oxygens (including phenoxy) is 1. The summed E-state index contributed by atoms with van der Waals surface area (Å²) in [5.74, 6) is 1.14. The molecule has 3 aromatic rings. The summed E-state index contributed by atoms with van der Waals surface area (Å²) in [5, 5.41) is 21.4. The molecule has 0 aromatic carbocycles. The average molecular weight is 454 g/mol. The lowest BCUT2D eigenvalue weighted by Gasteiger charge is -2.58. The Hall–Kier alpha value is -3.05. The fraction of sp³-hybridized carbons (Fsp3) is 0.591. The highest BCUT2D eigenvalue weighted by molar-refractivity contribution is 5.95. The molecule has 4 fully saturated rings. The summed E-state index contributed by atoms with van der Waals surface area (Å²) in [6.45, 7) is 0.736. The molecule has 3 aromatic heterocycles. The maximum Gasteiger partial charge on any atom is 0.316 e. The molecule has 4 aliphatic carbocycles. The van der Waals surface area contributed by atoms with Crippen LogP contribution in [0, 0.1) is 17.8 Å². The summed E-state index contributed by atoms with van der Waals surface area (Å²) < 4.78 is 10.2. The Morgan fingerprint density at radius 3 is 2.88 bits per heavy atom. The largest absolute Gasteiger partial charge is 0.390 e. The monoisotopic (exact) mass is 453 g/mol. The van der Waals surface area contributed by atoms with Gasteiger partial charge in [-0.15, -0.1) is 0 Å². The third-order valence-electron chi connectivity index (χ3n) is 7.46. The fourth-order valence-electron chi connectivity index (χ4n) is 6.36. The average Bonchev–Trinajstić information content (AvgIpc) is 3.45. The zero-order valence-electron chi connectivity index (χ0n) is 18.4. The number of nitrogens with zero attached hydrogens (tertiary/aromatic N) is 4. The Morgan fingerprint density at radius 1 is 1.30 bits per heavy atom. The minimum absolute atomic E-state index is 0.117. The second-order valence-corrected chi connectivity index (χ2v) is 9.68. The van der Waals surface area contributed by atoms with Crippen molar-refractivity contribution < 1.29 is 19.2 Å². The maximum atomic E-state index is 12.3. The van der Waals surface area contributed by atoms with Crippen molar-refractivity contribution in [3.05, 3.63) is 18.4 Å². The van der Waals surface area contributed by atoms with Gasteiger partial charge in [0, 0.05) is 25.9 Å². The third kappa shape index (κ3) is 3.55. The molecule has 33 heavy (non-hydrogen) atoms. The molecule has 4 N–H and O–H groups in total. The fourth-order valence-corrected chi connectivity index (χ4v) is 6.36. The van der Waals surface area contributed by atoms with Crippen LogP contribution in [0.1, 0.15) is 42.8 Å². The Bertz CT molecular complexity index is 1170. The van der Waals surface area contributed by atoms with Gasteiger partial charge >= 0.3 is 11.8 Å². The molecule has 11 nitrogen and oxygen atoms in total. The molecule has 11 heteroatoms. The van der Waals surface area contributed by atoms with Gasteiger partial charge in [0.15, 0.2) is 5.65 Å². The number of fused-ring (bicyclic) bond motifs is 1. The summed E-state index contributed by atoms with van der Waals surface area (Å²) in [6, 6.07) is 0.234. The molecule has 4 bridgehead atoms. The van der Waals surface area contributed by atoms with Crippen molar-refractivity contribution in [3.63, 3.8) is 0 Å². The molecule has 0 radical (unpaired) electrons. The van der Waals surface area contributed by atoms with E-state index in [9.17, 15) is 9.90 Å². The number of nitrogens with one attached hydrogen (secondary N) is 3. The number of methoxy groups -OCH3 is 1. The Kier molecular flexibility index (Phi) is 4.84. The van der Waals surface area contributed by atoms with Gasteiger partial charge in [-0.2, -0.15) is 4.98 Å². The number of imidazole rings is 1. The smallest absolute Gasteiger partial charge is 0.316 e. The molecule has 7 rings (SSSR count). The van der Waals surface area contributed by atoms with Crippen LogP contribution in [0.2, 0.25) is 0 Å². The van der Waals surface area contributed by atoms with E-state index in [4.69, 9.17) is 9.26 Å². The van der Waals surface area contributed by atoms with Crippen LogP contribution < -0.4 is 10.6 Å². The number of carbonyl (C=O) groups excluding carboxylic acids is 1. The molecule has 0 spiro atoms. The predicted octanol–water partition coefficient (Wildman–Crippen LogP) is 1.74. The number of aliphatic hydroxyl groups is 1. The lowest BCUT2D eigenvalue weighted by Crippen LogP contribution is -2.59. The van der Waals surface area contributed by atoms with Crippen LogP contribution >= 0.6 is 0 Å². The first-order valence-electron chi connectivity index (χ1n) is 11.5. The second-order valence-electron chi connectivity index (χ2n) is 9.68. The number of hydrogen-bond acceptors (Lipinski definition) is 9. The van der Waals surface area contributed by atoms with E-state index < -0.39 is 11.5 Å². The number of aromatic nitrogens is 5. The molecule has 1 amide bonds. The standard InChI is InChI=1S/C22H27N7O4/c1-32-3-2-23-20(30)21-28-18(29-33-21)14-9-24-19-17(25-10-26-19)16(14)27-15-12-4-11-5-13(15)8-22(31,6-11)7-12/h9-13,15,31H,2-8H2,1H3,(H,23,30)(H2,24,25,26,27)/t11?,12-,13+,15?,22?. The van der Waals surface area contributed by atoms with Crippen molar-refractivity contribution >= 4 is 22.8 Å². The summed E-state index contributed by atoms with van der Waals surface area (Å²) in [6.07, 6.45) is 8.14. The van der Waals surface area contributed by atoms with Crippen molar-refractivity contribution in [3.8, 4) is 11.4 Å².